The number of rotatable bonds is 5. The molecule has 0 aliphatic carbocycles. The largest absolute Gasteiger partial charge is 0.308 e. The number of thioether (sulfide) groups is 1. The maximum Gasteiger partial charge on any atom is 0.0641 e. The molecular weight excluding hydrogens is 228 g/mol. The van der Waals surface area contributed by atoms with Gasteiger partial charge < -0.3 is 5.32 Å². The van der Waals surface area contributed by atoms with Crippen LogP contribution in [0, 0.1) is 11.3 Å². The first-order valence-electron chi connectivity index (χ1n) is 6.17. The highest BCUT2D eigenvalue weighted by Crippen LogP contribution is 2.26. The number of nitrogens with zero attached hydrogens (tertiary/aromatic N) is 1. The quantitative estimate of drug-likeness (QED) is 0.867. The average Bonchev–Trinajstić information content (AvgIpc) is 2.88. The molecule has 0 radical (unpaired) electrons. The van der Waals surface area contributed by atoms with Crippen LogP contribution in [-0.4, -0.2) is 17.5 Å². The molecule has 2 unspecified atom stereocenters. The second kappa shape index (κ2) is 6.68. The van der Waals surface area contributed by atoms with E-state index in [1.165, 1.54) is 24.2 Å². The fourth-order valence-electron chi connectivity index (χ4n) is 2.16. The highest BCUT2D eigenvalue weighted by molar-refractivity contribution is 8.00. The maximum absolute atomic E-state index is 8.89. The van der Waals surface area contributed by atoms with Gasteiger partial charge in [0.1, 0.15) is 0 Å². The van der Waals surface area contributed by atoms with E-state index < -0.39 is 0 Å². The molecule has 1 aromatic carbocycles. The molecule has 3 heteroatoms. The van der Waals surface area contributed by atoms with E-state index in [0.717, 1.165) is 11.8 Å². The minimum absolute atomic E-state index is 0.183. The van der Waals surface area contributed by atoms with E-state index in [2.05, 4.69) is 35.3 Å². The number of benzene rings is 1. The number of hydrogen-bond donors (Lipinski definition) is 1. The molecular formula is C14H18N2S. The fraction of sp³-hybridized carbons (Fsp3) is 0.500. The Balaban J connectivity index is 1.91. The van der Waals surface area contributed by atoms with Gasteiger partial charge in [0.2, 0.25) is 0 Å². The number of nitriles is 1. The van der Waals surface area contributed by atoms with E-state index in [1.807, 2.05) is 18.2 Å². The van der Waals surface area contributed by atoms with Crippen LogP contribution in [0.1, 0.15) is 30.9 Å². The molecule has 1 aliphatic rings. The van der Waals surface area contributed by atoms with Gasteiger partial charge in [-0.05, 0) is 24.2 Å². The van der Waals surface area contributed by atoms with Crippen LogP contribution in [0.15, 0.2) is 30.3 Å². The van der Waals surface area contributed by atoms with Crippen LogP contribution in [0.3, 0.4) is 0 Å². The van der Waals surface area contributed by atoms with Gasteiger partial charge in [0.15, 0.2) is 0 Å². The monoisotopic (exact) mass is 246 g/mol. The smallest absolute Gasteiger partial charge is 0.0641 e. The number of nitrogens with one attached hydrogen (secondary N) is 1. The van der Waals surface area contributed by atoms with Crippen molar-refractivity contribution in [3.63, 3.8) is 0 Å². The summed E-state index contributed by atoms with van der Waals surface area (Å²) >= 11 is 2.05. The van der Waals surface area contributed by atoms with Crippen LogP contribution in [0.5, 0.6) is 0 Å². The summed E-state index contributed by atoms with van der Waals surface area (Å²) in [7, 11) is 0. The lowest BCUT2D eigenvalue weighted by atomic mass is 10.0. The van der Waals surface area contributed by atoms with Crippen LogP contribution >= 0.6 is 11.8 Å². The van der Waals surface area contributed by atoms with E-state index in [0.29, 0.717) is 6.42 Å². The summed E-state index contributed by atoms with van der Waals surface area (Å²) in [5.41, 5.74) is 1.22. The third kappa shape index (κ3) is 3.76. The second-order valence-corrected chi connectivity index (χ2v) is 5.78. The lowest BCUT2D eigenvalue weighted by molar-refractivity contribution is 0.532. The second-order valence-electron chi connectivity index (χ2n) is 4.37. The van der Waals surface area contributed by atoms with Crippen molar-refractivity contribution in [3.8, 4) is 6.07 Å². The van der Waals surface area contributed by atoms with Crippen molar-refractivity contribution in [2.24, 2.45) is 0 Å². The molecule has 1 saturated heterocycles. The van der Waals surface area contributed by atoms with Gasteiger partial charge in [-0.15, -0.1) is 0 Å². The van der Waals surface area contributed by atoms with Crippen LogP contribution in [0.4, 0.5) is 0 Å². The molecule has 1 fully saturated rings. The third-order valence-electron chi connectivity index (χ3n) is 3.11. The lowest BCUT2D eigenvalue weighted by Gasteiger charge is -2.18. The van der Waals surface area contributed by atoms with Gasteiger partial charge in [0.25, 0.3) is 0 Å². The van der Waals surface area contributed by atoms with Gasteiger partial charge in [-0.1, -0.05) is 30.3 Å². The molecule has 0 amide bonds. The summed E-state index contributed by atoms with van der Waals surface area (Å²) in [6.07, 6.45) is 3.19. The van der Waals surface area contributed by atoms with Crippen molar-refractivity contribution in [1.82, 2.24) is 5.32 Å². The standard InChI is InChI=1S/C14H18N2S/c15-9-8-14(12-5-2-1-3-6-12)16-11-13-7-4-10-17-13/h1-3,5-6,13-14,16H,4,7-8,10-11H2. The molecule has 2 atom stereocenters. The third-order valence-corrected chi connectivity index (χ3v) is 4.51. The van der Waals surface area contributed by atoms with Crippen molar-refractivity contribution < 1.29 is 0 Å². The van der Waals surface area contributed by atoms with E-state index in [1.54, 1.807) is 0 Å². The predicted molar refractivity (Wildman–Crippen MR) is 72.9 cm³/mol. The Morgan fingerprint density at radius 2 is 2.24 bits per heavy atom. The first-order valence-corrected chi connectivity index (χ1v) is 7.22. The summed E-state index contributed by atoms with van der Waals surface area (Å²) in [6.45, 7) is 1.02. The van der Waals surface area contributed by atoms with Crippen LogP contribution in [0.2, 0.25) is 0 Å². The van der Waals surface area contributed by atoms with Crippen LogP contribution in [0.25, 0.3) is 0 Å². The first kappa shape index (κ1) is 12.5. The Hall–Kier alpha value is -0.980. The molecule has 1 aliphatic heterocycles. The first-order chi connectivity index (χ1) is 8.40. The van der Waals surface area contributed by atoms with Crippen LogP contribution < -0.4 is 5.32 Å². The van der Waals surface area contributed by atoms with Gasteiger partial charge in [0, 0.05) is 17.8 Å². The topological polar surface area (TPSA) is 35.8 Å². The predicted octanol–water partition coefficient (Wildman–Crippen LogP) is 3.13. The summed E-state index contributed by atoms with van der Waals surface area (Å²) in [6, 6.07) is 12.7. The molecule has 2 nitrogen and oxygen atoms in total. The van der Waals surface area contributed by atoms with Crippen molar-refractivity contribution in [2.75, 3.05) is 12.3 Å². The highest BCUT2D eigenvalue weighted by atomic mass is 32.2. The van der Waals surface area contributed by atoms with E-state index in [4.69, 9.17) is 5.26 Å². The van der Waals surface area contributed by atoms with Gasteiger partial charge in [0.05, 0.1) is 12.5 Å². The molecule has 1 heterocycles. The molecule has 2 rings (SSSR count). The SMILES string of the molecule is N#CCC(NCC1CCCS1)c1ccccc1. The van der Waals surface area contributed by atoms with Gasteiger partial charge in [-0.25, -0.2) is 0 Å². The fourth-order valence-corrected chi connectivity index (χ4v) is 3.38. The summed E-state index contributed by atoms with van der Waals surface area (Å²) in [5.74, 6) is 1.29. The average molecular weight is 246 g/mol. The van der Waals surface area contributed by atoms with Crippen molar-refractivity contribution in [1.29, 1.82) is 5.26 Å². The minimum atomic E-state index is 0.183. The molecule has 90 valence electrons. The van der Waals surface area contributed by atoms with E-state index >= 15 is 0 Å². The van der Waals surface area contributed by atoms with Crippen molar-refractivity contribution in [2.45, 2.75) is 30.6 Å². The molecule has 1 aromatic rings. The van der Waals surface area contributed by atoms with Gasteiger partial charge >= 0.3 is 0 Å². The van der Waals surface area contributed by atoms with Crippen LogP contribution in [-0.2, 0) is 0 Å². The van der Waals surface area contributed by atoms with Crippen molar-refractivity contribution >= 4 is 11.8 Å². The molecule has 0 bridgehead atoms. The Labute approximate surface area is 107 Å². The normalized spacial score (nSPS) is 21.0. The lowest BCUT2D eigenvalue weighted by Crippen LogP contribution is -2.27. The number of hydrogen-bond acceptors (Lipinski definition) is 3. The van der Waals surface area contributed by atoms with E-state index in [9.17, 15) is 0 Å². The zero-order valence-corrected chi connectivity index (χ0v) is 10.7. The van der Waals surface area contributed by atoms with Crippen molar-refractivity contribution in [3.05, 3.63) is 35.9 Å². The Kier molecular flexibility index (Phi) is 4.90. The Morgan fingerprint density at radius 1 is 1.41 bits per heavy atom. The maximum atomic E-state index is 8.89. The Morgan fingerprint density at radius 3 is 2.88 bits per heavy atom. The van der Waals surface area contributed by atoms with E-state index in [-0.39, 0.29) is 6.04 Å². The summed E-state index contributed by atoms with van der Waals surface area (Å²) < 4.78 is 0. The van der Waals surface area contributed by atoms with Gasteiger partial charge in [-0.3, -0.25) is 0 Å². The van der Waals surface area contributed by atoms with Gasteiger partial charge in [-0.2, -0.15) is 17.0 Å². The summed E-state index contributed by atoms with van der Waals surface area (Å²) in [4.78, 5) is 0. The minimum Gasteiger partial charge on any atom is -0.308 e. The molecule has 0 saturated carbocycles. The molecule has 1 N–H and O–H groups in total. The highest BCUT2D eigenvalue weighted by Gasteiger charge is 2.17. The Bertz CT molecular complexity index is 366. The molecule has 17 heavy (non-hydrogen) atoms. The zero-order chi connectivity index (χ0) is 11.9. The zero-order valence-electron chi connectivity index (χ0n) is 9.93. The molecule has 0 aromatic heterocycles. The summed E-state index contributed by atoms with van der Waals surface area (Å²) in [5, 5.41) is 13.2. The molecule has 0 spiro atoms.